The SMILES string of the molecule is C=CCN(C(=O)[C@@H]1[C@H]2C(=O)N([C@H](CO)c3ccccc3)C(C(=O)N(CC=C)C(C)C)C23S[C@@H]1CC3C)c1ccc(OCC)cc1. The number of carbonyl (C=O) groups excluding carboxylic acids is 3. The molecule has 1 spiro atoms. The van der Waals surface area contributed by atoms with E-state index in [4.69, 9.17) is 4.74 Å². The highest BCUT2D eigenvalue weighted by molar-refractivity contribution is 8.02. The molecule has 1 N–H and O–H groups in total. The zero-order chi connectivity index (χ0) is 32.5. The highest BCUT2D eigenvalue weighted by Crippen LogP contribution is 2.69. The summed E-state index contributed by atoms with van der Waals surface area (Å²) in [5.74, 6) is -1.21. The van der Waals surface area contributed by atoms with Crippen molar-refractivity contribution >= 4 is 35.2 Å². The van der Waals surface area contributed by atoms with Crippen LogP contribution in [0.4, 0.5) is 5.69 Å². The van der Waals surface area contributed by atoms with E-state index in [1.54, 1.807) is 38.6 Å². The Kier molecular flexibility index (Phi) is 9.80. The second-order valence-corrected chi connectivity index (χ2v) is 14.0. The Morgan fingerprint density at radius 2 is 1.76 bits per heavy atom. The Morgan fingerprint density at radius 1 is 1.09 bits per heavy atom. The number of hydrogen-bond acceptors (Lipinski definition) is 6. The van der Waals surface area contributed by atoms with Gasteiger partial charge in [-0.25, -0.2) is 0 Å². The summed E-state index contributed by atoms with van der Waals surface area (Å²) < 4.78 is 4.79. The van der Waals surface area contributed by atoms with Gasteiger partial charge >= 0.3 is 0 Å². The summed E-state index contributed by atoms with van der Waals surface area (Å²) in [7, 11) is 0. The molecule has 3 aliphatic heterocycles. The van der Waals surface area contributed by atoms with Crippen molar-refractivity contribution in [3.05, 3.63) is 85.5 Å². The van der Waals surface area contributed by atoms with Gasteiger partial charge in [0.2, 0.25) is 17.7 Å². The molecule has 0 aromatic heterocycles. The van der Waals surface area contributed by atoms with Gasteiger partial charge in [-0.3, -0.25) is 14.4 Å². The van der Waals surface area contributed by atoms with Gasteiger partial charge in [-0.15, -0.1) is 24.9 Å². The van der Waals surface area contributed by atoms with Gasteiger partial charge in [0.05, 0.1) is 35.8 Å². The molecule has 2 aromatic carbocycles. The summed E-state index contributed by atoms with van der Waals surface area (Å²) in [4.78, 5) is 49.4. The molecule has 0 aliphatic carbocycles. The van der Waals surface area contributed by atoms with Crippen LogP contribution in [-0.2, 0) is 14.4 Å². The number of aliphatic hydroxyl groups is 1. The summed E-state index contributed by atoms with van der Waals surface area (Å²) in [5.41, 5.74) is 1.45. The van der Waals surface area contributed by atoms with Gasteiger partial charge in [0, 0.05) is 30.1 Å². The van der Waals surface area contributed by atoms with Crippen LogP contribution in [-0.4, -0.2) is 81.0 Å². The minimum absolute atomic E-state index is 0.00404. The van der Waals surface area contributed by atoms with Crippen LogP contribution < -0.4 is 9.64 Å². The molecule has 9 heteroatoms. The summed E-state index contributed by atoms with van der Waals surface area (Å²) in [6.07, 6.45) is 4.11. The molecule has 2 bridgehead atoms. The lowest BCUT2D eigenvalue weighted by atomic mass is 9.65. The number of benzene rings is 2. The molecule has 45 heavy (non-hydrogen) atoms. The predicted molar refractivity (Wildman–Crippen MR) is 179 cm³/mol. The van der Waals surface area contributed by atoms with E-state index in [1.165, 1.54) is 0 Å². The van der Waals surface area contributed by atoms with Crippen LogP contribution in [0.15, 0.2) is 79.9 Å². The van der Waals surface area contributed by atoms with Crippen molar-refractivity contribution in [1.29, 1.82) is 0 Å². The molecule has 3 fully saturated rings. The Bertz CT molecular complexity index is 1420. The number of thioether (sulfide) groups is 1. The molecule has 8 nitrogen and oxygen atoms in total. The number of carbonyl (C=O) groups is 3. The second kappa shape index (κ2) is 13.4. The van der Waals surface area contributed by atoms with E-state index in [2.05, 4.69) is 20.1 Å². The number of anilines is 1. The maximum absolute atomic E-state index is 14.9. The Morgan fingerprint density at radius 3 is 2.33 bits per heavy atom. The highest BCUT2D eigenvalue weighted by atomic mass is 32.2. The third-order valence-electron chi connectivity index (χ3n) is 9.66. The van der Waals surface area contributed by atoms with E-state index in [1.807, 2.05) is 75.4 Å². The number of likely N-dealkylation sites (tertiary alicyclic amines) is 1. The molecule has 3 unspecified atom stereocenters. The van der Waals surface area contributed by atoms with Gasteiger partial charge in [-0.05, 0) is 62.9 Å². The molecular formula is C36H45N3O5S. The van der Waals surface area contributed by atoms with E-state index in [0.29, 0.717) is 31.0 Å². The molecule has 3 amide bonds. The van der Waals surface area contributed by atoms with E-state index < -0.39 is 28.7 Å². The fraction of sp³-hybridized carbons (Fsp3) is 0.472. The lowest BCUT2D eigenvalue weighted by Crippen LogP contribution is -2.59. The molecule has 5 rings (SSSR count). The average molecular weight is 632 g/mol. The molecule has 240 valence electrons. The van der Waals surface area contributed by atoms with Gasteiger partial charge < -0.3 is 24.5 Å². The maximum Gasteiger partial charge on any atom is 0.247 e. The van der Waals surface area contributed by atoms with Crippen molar-refractivity contribution in [3.63, 3.8) is 0 Å². The minimum atomic E-state index is -0.851. The fourth-order valence-corrected chi connectivity index (χ4v) is 10.2. The quantitative estimate of drug-likeness (QED) is 0.310. The molecule has 3 aliphatic rings. The highest BCUT2D eigenvalue weighted by Gasteiger charge is 2.77. The van der Waals surface area contributed by atoms with Gasteiger partial charge in [0.15, 0.2) is 0 Å². The predicted octanol–water partition coefficient (Wildman–Crippen LogP) is 5.10. The number of amides is 3. The van der Waals surface area contributed by atoms with Crippen molar-refractivity contribution in [2.24, 2.45) is 17.8 Å². The van der Waals surface area contributed by atoms with Gasteiger partial charge in [-0.1, -0.05) is 49.4 Å². The lowest BCUT2D eigenvalue weighted by molar-refractivity contribution is -0.146. The van der Waals surface area contributed by atoms with E-state index in [-0.39, 0.29) is 48.1 Å². The minimum Gasteiger partial charge on any atom is -0.494 e. The molecule has 0 radical (unpaired) electrons. The standard InChI is InChI=1S/C36H45N3O5S/c1-7-19-37(23(4)5)35(43)32-36-24(6)21-29(45-36)30(31(36)34(42)39(32)28(22-40)25-13-11-10-12-14-25)33(41)38(20-8-2)26-15-17-27(18-16-26)44-9-3/h7-8,10-18,23-24,28-32,40H,1-2,9,19-22H2,3-6H3/t24?,28-,29-,30+,31+,32?,36?/m1/s1. The van der Waals surface area contributed by atoms with E-state index >= 15 is 0 Å². The maximum atomic E-state index is 14.9. The first-order valence-electron chi connectivity index (χ1n) is 15.9. The number of hydrogen-bond donors (Lipinski definition) is 1. The summed E-state index contributed by atoms with van der Waals surface area (Å²) in [5, 5.41) is 10.7. The van der Waals surface area contributed by atoms with E-state index in [0.717, 1.165) is 5.56 Å². The molecular weight excluding hydrogens is 586 g/mol. The molecule has 0 saturated carbocycles. The molecule has 2 aromatic rings. The first-order valence-corrected chi connectivity index (χ1v) is 16.8. The van der Waals surface area contributed by atoms with Crippen molar-refractivity contribution in [2.75, 3.05) is 31.2 Å². The van der Waals surface area contributed by atoms with Crippen LogP contribution in [0.5, 0.6) is 5.75 Å². The van der Waals surface area contributed by atoms with Crippen LogP contribution in [0.25, 0.3) is 0 Å². The second-order valence-electron chi connectivity index (χ2n) is 12.4. The smallest absolute Gasteiger partial charge is 0.247 e. The largest absolute Gasteiger partial charge is 0.494 e. The van der Waals surface area contributed by atoms with Gasteiger partial charge in [0.25, 0.3) is 0 Å². The zero-order valence-electron chi connectivity index (χ0n) is 26.7. The number of rotatable bonds is 13. The summed E-state index contributed by atoms with van der Waals surface area (Å²) in [6.45, 7) is 16.5. The topological polar surface area (TPSA) is 90.4 Å². The third-order valence-corrected chi connectivity index (χ3v) is 11.7. The summed E-state index contributed by atoms with van der Waals surface area (Å²) >= 11 is 1.64. The van der Waals surface area contributed by atoms with Crippen molar-refractivity contribution in [1.82, 2.24) is 9.80 Å². The first kappa shape index (κ1) is 32.8. The number of aliphatic hydroxyl groups excluding tert-OH is 1. The molecule has 7 atom stereocenters. The van der Waals surface area contributed by atoms with Crippen molar-refractivity contribution in [3.8, 4) is 5.75 Å². The van der Waals surface area contributed by atoms with Gasteiger partial charge in [0.1, 0.15) is 11.8 Å². The normalized spacial score (nSPS) is 27.3. The fourth-order valence-electron chi connectivity index (χ4n) is 7.76. The monoisotopic (exact) mass is 631 g/mol. The number of fused-ring (bicyclic) bond motifs is 1. The Hall–Kier alpha value is -3.56. The first-order chi connectivity index (χ1) is 21.7. The van der Waals surface area contributed by atoms with Crippen LogP contribution in [0.2, 0.25) is 0 Å². The Labute approximate surface area is 271 Å². The summed E-state index contributed by atoms with van der Waals surface area (Å²) in [6, 6.07) is 15.0. The van der Waals surface area contributed by atoms with Crippen molar-refractivity contribution < 1.29 is 24.2 Å². The van der Waals surface area contributed by atoms with E-state index in [9.17, 15) is 19.5 Å². The van der Waals surface area contributed by atoms with Crippen LogP contribution in [0.3, 0.4) is 0 Å². The van der Waals surface area contributed by atoms with Crippen LogP contribution in [0.1, 0.15) is 45.7 Å². The Balaban J connectivity index is 1.62. The average Bonchev–Trinajstić information content (AvgIpc) is 3.63. The van der Waals surface area contributed by atoms with Crippen molar-refractivity contribution in [2.45, 2.75) is 62.2 Å². The zero-order valence-corrected chi connectivity index (χ0v) is 27.5. The number of nitrogens with zero attached hydrogens (tertiary/aromatic N) is 3. The van der Waals surface area contributed by atoms with Crippen LogP contribution >= 0.6 is 11.8 Å². The third kappa shape index (κ3) is 5.48. The van der Waals surface area contributed by atoms with Crippen LogP contribution in [0, 0.1) is 17.8 Å². The number of ether oxygens (including phenoxy) is 1. The molecule has 3 heterocycles. The lowest BCUT2D eigenvalue weighted by Gasteiger charge is -2.43. The molecule has 3 saturated heterocycles. The van der Waals surface area contributed by atoms with Gasteiger partial charge in [-0.2, -0.15) is 0 Å².